The van der Waals surface area contributed by atoms with Crippen molar-refractivity contribution in [3.63, 3.8) is 0 Å². The standard InChI is InChI=1S/C19H19N3O4S/c1-12-11-27-19(20-12)21-17(23)16-5-4-6-22(18(16)24)10-13-7-14(25-2)9-15(8-13)26-3/h4-9,11H,10H2,1-3H3,(H,20,21,23). The van der Waals surface area contributed by atoms with Gasteiger partial charge in [-0.05, 0) is 36.8 Å². The van der Waals surface area contributed by atoms with Gasteiger partial charge in [-0.15, -0.1) is 11.3 Å². The Morgan fingerprint density at radius 1 is 1.22 bits per heavy atom. The van der Waals surface area contributed by atoms with E-state index in [1.54, 1.807) is 32.5 Å². The Morgan fingerprint density at radius 2 is 1.93 bits per heavy atom. The number of benzene rings is 1. The van der Waals surface area contributed by atoms with Crippen molar-refractivity contribution in [2.75, 3.05) is 19.5 Å². The van der Waals surface area contributed by atoms with Crippen LogP contribution in [-0.2, 0) is 6.54 Å². The van der Waals surface area contributed by atoms with Crippen LogP contribution in [0.3, 0.4) is 0 Å². The smallest absolute Gasteiger partial charge is 0.263 e. The number of rotatable bonds is 6. The van der Waals surface area contributed by atoms with Crippen molar-refractivity contribution in [2.45, 2.75) is 13.5 Å². The Kier molecular flexibility index (Phi) is 5.56. The minimum Gasteiger partial charge on any atom is -0.497 e. The second kappa shape index (κ2) is 8.05. The molecule has 140 valence electrons. The zero-order valence-corrected chi connectivity index (χ0v) is 16.0. The molecule has 0 aliphatic rings. The second-order valence-corrected chi connectivity index (χ2v) is 6.68. The number of aromatic nitrogens is 2. The molecule has 0 radical (unpaired) electrons. The molecule has 2 heterocycles. The van der Waals surface area contributed by atoms with Crippen LogP contribution in [0.15, 0.2) is 46.7 Å². The van der Waals surface area contributed by atoms with E-state index in [1.807, 2.05) is 24.4 Å². The zero-order valence-electron chi connectivity index (χ0n) is 15.2. The lowest BCUT2D eigenvalue weighted by atomic mass is 10.2. The molecule has 1 amide bonds. The molecule has 0 aliphatic carbocycles. The molecule has 3 rings (SSSR count). The summed E-state index contributed by atoms with van der Waals surface area (Å²) in [5, 5.41) is 4.95. The second-order valence-electron chi connectivity index (χ2n) is 5.82. The van der Waals surface area contributed by atoms with Gasteiger partial charge in [-0.1, -0.05) is 0 Å². The summed E-state index contributed by atoms with van der Waals surface area (Å²) in [6.07, 6.45) is 1.64. The predicted octanol–water partition coefficient (Wildman–Crippen LogP) is 2.93. The molecule has 0 spiro atoms. The number of carbonyl (C=O) groups excluding carboxylic acids is 1. The highest BCUT2D eigenvalue weighted by Crippen LogP contribution is 2.23. The molecule has 0 saturated carbocycles. The van der Waals surface area contributed by atoms with Crippen LogP contribution in [-0.4, -0.2) is 29.7 Å². The first-order chi connectivity index (χ1) is 13.0. The minimum atomic E-state index is -0.480. The van der Waals surface area contributed by atoms with E-state index in [2.05, 4.69) is 10.3 Å². The summed E-state index contributed by atoms with van der Waals surface area (Å²) in [6.45, 7) is 2.12. The lowest BCUT2D eigenvalue weighted by Crippen LogP contribution is -2.29. The summed E-state index contributed by atoms with van der Waals surface area (Å²) in [5.74, 6) is 0.780. The Balaban J connectivity index is 1.87. The average Bonchev–Trinajstić information content (AvgIpc) is 3.07. The van der Waals surface area contributed by atoms with Crippen molar-refractivity contribution in [1.29, 1.82) is 0 Å². The highest BCUT2D eigenvalue weighted by atomic mass is 32.1. The normalized spacial score (nSPS) is 10.5. The molecule has 3 aromatic rings. The molecule has 0 fully saturated rings. The Bertz CT molecular complexity index is 1000. The van der Waals surface area contributed by atoms with E-state index in [0.29, 0.717) is 16.6 Å². The molecular weight excluding hydrogens is 366 g/mol. The maximum atomic E-state index is 12.7. The third-order valence-electron chi connectivity index (χ3n) is 3.87. The highest BCUT2D eigenvalue weighted by molar-refractivity contribution is 7.13. The molecule has 0 atom stereocenters. The van der Waals surface area contributed by atoms with Crippen molar-refractivity contribution >= 4 is 22.4 Å². The van der Waals surface area contributed by atoms with Crippen molar-refractivity contribution < 1.29 is 14.3 Å². The van der Waals surface area contributed by atoms with Crippen LogP contribution < -0.4 is 20.3 Å². The fourth-order valence-corrected chi connectivity index (χ4v) is 3.25. The fourth-order valence-electron chi connectivity index (χ4n) is 2.56. The van der Waals surface area contributed by atoms with Gasteiger partial charge in [-0.2, -0.15) is 0 Å². The maximum absolute atomic E-state index is 12.7. The molecule has 2 aromatic heterocycles. The summed E-state index contributed by atoms with van der Waals surface area (Å²) in [5.41, 5.74) is 1.31. The Hall–Kier alpha value is -3.13. The molecule has 0 saturated heterocycles. The Morgan fingerprint density at radius 3 is 2.52 bits per heavy atom. The third kappa shape index (κ3) is 4.35. The summed E-state index contributed by atoms with van der Waals surface area (Å²) in [6, 6.07) is 8.56. The summed E-state index contributed by atoms with van der Waals surface area (Å²) in [4.78, 5) is 29.4. The molecule has 0 bridgehead atoms. The third-order valence-corrected chi connectivity index (χ3v) is 4.74. The topological polar surface area (TPSA) is 82.5 Å². The number of pyridine rings is 1. The maximum Gasteiger partial charge on any atom is 0.263 e. The number of aryl methyl sites for hydroxylation is 1. The van der Waals surface area contributed by atoms with Gasteiger partial charge in [-0.3, -0.25) is 14.9 Å². The minimum absolute atomic E-state index is 0.0558. The van der Waals surface area contributed by atoms with Gasteiger partial charge in [0, 0.05) is 17.6 Å². The summed E-state index contributed by atoms with van der Waals surface area (Å²) < 4.78 is 12.0. The van der Waals surface area contributed by atoms with E-state index < -0.39 is 5.91 Å². The lowest BCUT2D eigenvalue weighted by Gasteiger charge is -2.11. The molecule has 7 nitrogen and oxygen atoms in total. The first-order valence-corrected chi connectivity index (χ1v) is 9.03. The van der Waals surface area contributed by atoms with Gasteiger partial charge in [-0.25, -0.2) is 4.98 Å². The monoisotopic (exact) mass is 385 g/mol. The highest BCUT2D eigenvalue weighted by Gasteiger charge is 2.14. The number of amides is 1. The van der Waals surface area contributed by atoms with Crippen LogP contribution in [0.4, 0.5) is 5.13 Å². The Labute approximate surface area is 160 Å². The van der Waals surface area contributed by atoms with Gasteiger partial charge in [0.15, 0.2) is 5.13 Å². The number of ether oxygens (including phenoxy) is 2. The average molecular weight is 385 g/mol. The van der Waals surface area contributed by atoms with Crippen LogP contribution in [0, 0.1) is 6.92 Å². The van der Waals surface area contributed by atoms with E-state index in [-0.39, 0.29) is 17.7 Å². The predicted molar refractivity (Wildman–Crippen MR) is 104 cm³/mol. The van der Waals surface area contributed by atoms with E-state index in [9.17, 15) is 9.59 Å². The van der Waals surface area contributed by atoms with Crippen LogP contribution >= 0.6 is 11.3 Å². The van der Waals surface area contributed by atoms with E-state index in [1.165, 1.54) is 22.0 Å². The van der Waals surface area contributed by atoms with Crippen LogP contribution in [0.5, 0.6) is 11.5 Å². The zero-order chi connectivity index (χ0) is 19.4. The van der Waals surface area contributed by atoms with E-state index in [0.717, 1.165) is 11.3 Å². The van der Waals surface area contributed by atoms with Crippen molar-refractivity contribution in [1.82, 2.24) is 9.55 Å². The van der Waals surface area contributed by atoms with E-state index >= 15 is 0 Å². The van der Waals surface area contributed by atoms with Crippen LogP contribution in [0.25, 0.3) is 0 Å². The number of hydrogen-bond donors (Lipinski definition) is 1. The lowest BCUT2D eigenvalue weighted by molar-refractivity contribution is 0.102. The van der Waals surface area contributed by atoms with Crippen LogP contribution in [0.2, 0.25) is 0 Å². The number of nitrogens with zero attached hydrogens (tertiary/aromatic N) is 2. The van der Waals surface area contributed by atoms with Crippen molar-refractivity contribution in [3.05, 3.63) is 69.1 Å². The van der Waals surface area contributed by atoms with Gasteiger partial charge >= 0.3 is 0 Å². The van der Waals surface area contributed by atoms with Gasteiger partial charge < -0.3 is 14.0 Å². The molecular formula is C19H19N3O4S. The number of anilines is 1. The number of thiazole rings is 1. The molecule has 1 N–H and O–H groups in total. The first kappa shape index (κ1) is 18.7. The molecule has 8 heteroatoms. The number of methoxy groups -OCH3 is 2. The summed E-state index contributed by atoms with van der Waals surface area (Å²) >= 11 is 1.31. The molecule has 0 aliphatic heterocycles. The van der Waals surface area contributed by atoms with Gasteiger partial charge in [0.05, 0.1) is 26.5 Å². The van der Waals surface area contributed by atoms with Gasteiger partial charge in [0.2, 0.25) is 0 Å². The quantitative estimate of drug-likeness (QED) is 0.705. The summed E-state index contributed by atoms with van der Waals surface area (Å²) in [7, 11) is 3.13. The van der Waals surface area contributed by atoms with Crippen LogP contribution in [0.1, 0.15) is 21.6 Å². The SMILES string of the molecule is COc1cc(Cn2cccc(C(=O)Nc3nc(C)cs3)c2=O)cc(OC)c1. The largest absolute Gasteiger partial charge is 0.497 e. The molecule has 27 heavy (non-hydrogen) atoms. The number of carbonyl (C=O) groups is 1. The molecule has 0 unspecified atom stereocenters. The fraction of sp³-hybridized carbons (Fsp3) is 0.211. The van der Waals surface area contributed by atoms with Crippen molar-refractivity contribution in [2.24, 2.45) is 0 Å². The van der Waals surface area contributed by atoms with Gasteiger partial charge in [0.25, 0.3) is 11.5 Å². The first-order valence-electron chi connectivity index (χ1n) is 8.15. The number of nitrogens with one attached hydrogen (secondary N) is 1. The number of hydrogen-bond acceptors (Lipinski definition) is 6. The molecule has 1 aromatic carbocycles. The van der Waals surface area contributed by atoms with E-state index in [4.69, 9.17) is 9.47 Å². The van der Waals surface area contributed by atoms with Gasteiger partial charge in [0.1, 0.15) is 17.1 Å². The van der Waals surface area contributed by atoms with Crippen molar-refractivity contribution in [3.8, 4) is 11.5 Å².